The molecule has 0 aromatic heterocycles. The molecule has 1 atom stereocenters. The van der Waals surface area contributed by atoms with Crippen molar-refractivity contribution in [3.05, 3.63) is 77.4 Å². The Morgan fingerprint density at radius 1 is 1.03 bits per heavy atom. The summed E-state index contributed by atoms with van der Waals surface area (Å²) in [7, 11) is 0. The van der Waals surface area contributed by atoms with Gasteiger partial charge in [-0.3, -0.25) is 19.3 Å². The monoisotopic (exact) mass is 460 g/mol. The molecule has 1 N–H and O–H groups in total. The summed E-state index contributed by atoms with van der Waals surface area (Å²) in [5, 5.41) is 5.23. The Balaban J connectivity index is 1.19. The van der Waals surface area contributed by atoms with Crippen molar-refractivity contribution >= 4 is 45.9 Å². The van der Waals surface area contributed by atoms with Crippen molar-refractivity contribution in [1.82, 2.24) is 4.90 Å². The number of benzene rings is 3. The quantitative estimate of drug-likeness (QED) is 0.526. The minimum atomic E-state index is -0.327. The first-order chi connectivity index (χ1) is 16.1. The fraction of sp³-hybridized carbons (Fsp3) is 0.269. The molecule has 2 aliphatic heterocycles. The first-order valence-electron chi connectivity index (χ1n) is 11.1. The lowest BCUT2D eigenvalue weighted by Crippen LogP contribution is -2.36. The molecule has 6 nitrogen and oxygen atoms in total. The lowest BCUT2D eigenvalue weighted by molar-refractivity contribution is -0.113. The number of hydrogen-bond acceptors (Lipinski definition) is 5. The number of imide groups is 1. The van der Waals surface area contributed by atoms with Crippen LogP contribution in [0.1, 0.15) is 39.1 Å². The summed E-state index contributed by atoms with van der Waals surface area (Å²) in [6.45, 7) is 0.946. The second kappa shape index (κ2) is 9.37. The zero-order valence-corrected chi connectivity index (χ0v) is 18.9. The van der Waals surface area contributed by atoms with E-state index in [2.05, 4.69) is 29.6 Å². The Labute approximate surface area is 196 Å². The Bertz CT molecular complexity index is 1230. The van der Waals surface area contributed by atoms with Crippen LogP contribution in [0.3, 0.4) is 0 Å². The van der Waals surface area contributed by atoms with Crippen LogP contribution in [0.15, 0.2) is 60.7 Å². The van der Waals surface area contributed by atoms with Gasteiger partial charge in [0.05, 0.1) is 29.5 Å². The predicted molar refractivity (Wildman–Crippen MR) is 130 cm³/mol. The van der Waals surface area contributed by atoms with Crippen LogP contribution in [-0.4, -0.2) is 47.6 Å². The van der Waals surface area contributed by atoms with E-state index in [9.17, 15) is 14.4 Å². The van der Waals surface area contributed by atoms with Gasteiger partial charge in [-0.2, -0.15) is 0 Å². The minimum Gasteiger partial charge on any atom is -0.376 e. The summed E-state index contributed by atoms with van der Waals surface area (Å²) in [6, 6.07) is 19.3. The van der Waals surface area contributed by atoms with E-state index < -0.39 is 0 Å². The number of carbonyl (C=O) groups is 3. The van der Waals surface area contributed by atoms with Gasteiger partial charge in [-0.05, 0) is 47.4 Å². The van der Waals surface area contributed by atoms with Gasteiger partial charge in [-0.1, -0.05) is 42.5 Å². The molecule has 2 aliphatic rings. The van der Waals surface area contributed by atoms with E-state index in [1.54, 1.807) is 18.2 Å². The maximum Gasteiger partial charge on any atom is 0.261 e. The van der Waals surface area contributed by atoms with E-state index in [0.29, 0.717) is 29.2 Å². The summed E-state index contributed by atoms with van der Waals surface area (Å²) < 4.78 is 5.57. The van der Waals surface area contributed by atoms with Gasteiger partial charge in [0.1, 0.15) is 0 Å². The molecule has 1 fully saturated rings. The van der Waals surface area contributed by atoms with Gasteiger partial charge in [0.25, 0.3) is 11.8 Å². The molecule has 1 saturated heterocycles. The highest BCUT2D eigenvalue weighted by atomic mass is 32.2. The van der Waals surface area contributed by atoms with E-state index in [-0.39, 0.29) is 30.4 Å². The van der Waals surface area contributed by atoms with Crippen molar-refractivity contribution in [2.45, 2.75) is 24.7 Å². The molecule has 3 amide bonds. The summed E-state index contributed by atoms with van der Waals surface area (Å²) in [5.74, 6) is 0.247. The molecule has 5 rings (SSSR count). The lowest BCUT2D eigenvalue weighted by atomic mass is 10.1. The summed E-state index contributed by atoms with van der Waals surface area (Å²) in [5.41, 5.74) is 2.42. The molecule has 0 saturated carbocycles. The Hall–Kier alpha value is -3.16. The van der Waals surface area contributed by atoms with Gasteiger partial charge < -0.3 is 10.1 Å². The minimum absolute atomic E-state index is 0.0925. The lowest BCUT2D eigenvalue weighted by Gasteiger charge is -2.17. The SMILES string of the molecule is O=C(CSCc1cccc2ccccc12)Nc1ccc2c(c1)C(=O)N(CC1CCCO1)C2=O. The number of amides is 3. The molecule has 0 radical (unpaired) electrons. The van der Waals surface area contributed by atoms with Crippen molar-refractivity contribution in [2.75, 3.05) is 24.2 Å². The summed E-state index contributed by atoms with van der Waals surface area (Å²) in [4.78, 5) is 39.2. The number of hydrogen-bond donors (Lipinski definition) is 1. The van der Waals surface area contributed by atoms with Crippen LogP contribution >= 0.6 is 11.8 Å². The van der Waals surface area contributed by atoms with E-state index >= 15 is 0 Å². The zero-order valence-electron chi connectivity index (χ0n) is 18.1. The molecular weight excluding hydrogens is 436 g/mol. The largest absolute Gasteiger partial charge is 0.376 e. The molecule has 7 heteroatoms. The summed E-state index contributed by atoms with van der Waals surface area (Å²) >= 11 is 1.54. The van der Waals surface area contributed by atoms with Crippen LogP contribution in [-0.2, 0) is 15.3 Å². The number of fused-ring (bicyclic) bond motifs is 2. The molecule has 0 bridgehead atoms. The van der Waals surface area contributed by atoms with Crippen molar-refractivity contribution in [3.63, 3.8) is 0 Å². The third-order valence-corrected chi connectivity index (χ3v) is 7.02. The molecule has 2 heterocycles. The fourth-order valence-electron chi connectivity index (χ4n) is 4.40. The molecule has 0 aliphatic carbocycles. The van der Waals surface area contributed by atoms with Crippen LogP contribution < -0.4 is 5.32 Å². The second-order valence-corrected chi connectivity index (χ2v) is 9.28. The third-order valence-electron chi connectivity index (χ3n) is 6.04. The highest BCUT2D eigenvalue weighted by Gasteiger charge is 2.37. The van der Waals surface area contributed by atoms with E-state index in [1.165, 1.54) is 33.0 Å². The van der Waals surface area contributed by atoms with Crippen LogP contribution in [0.2, 0.25) is 0 Å². The van der Waals surface area contributed by atoms with Crippen LogP contribution in [0.25, 0.3) is 10.8 Å². The topological polar surface area (TPSA) is 75.7 Å². The second-order valence-electron chi connectivity index (χ2n) is 8.30. The van der Waals surface area contributed by atoms with Gasteiger partial charge >= 0.3 is 0 Å². The maximum absolute atomic E-state index is 12.8. The predicted octanol–water partition coefficient (Wildman–Crippen LogP) is 4.49. The third kappa shape index (κ3) is 4.51. The van der Waals surface area contributed by atoms with Crippen LogP contribution in [0, 0.1) is 0 Å². The number of anilines is 1. The van der Waals surface area contributed by atoms with Gasteiger partial charge in [0.2, 0.25) is 5.91 Å². The van der Waals surface area contributed by atoms with Gasteiger partial charge in [0.15, 0.2) is 0 Å². The van der Waals surface area contributed by atoms with E-state index in [4.69, 9.17) is 4.74 Å². The van der Waals surface area contributed by atoms with E-state index in [1.807, 2.05) is 18.2 Å². The number of thioether (sulfide) groups is 1. The highest BCUT2D eigenvalue weighted by Crippen LogP contribution is 2.28. The van der Waals surface area contributed by atoms with Crippen molar-refractivity contribution in [3.8, 4) is 0 Å². The summed E-state index contributed by atoms with van der Waals surface area (Å²) in [6.07, 6.45) is 1.71. The van der Waals surface area contributed by atoms with Crippen molar-refractivity contribution in [1.29, 1.82) is 0 Å². The molecular formula is C26H24N2O4S. The smallest absolute Gasteiger partial charge is 0.261 e. The van der Waals surface area contributed by atoms with Crippen LogP contribution in [0.5, 0.6) is 0 Å². The molecule has 3 aromatic rings. The molecule has 33 heavy (non-hydrogen) atoms. The Kier molecular flexibility index (Phi) is 6.15. The van der Waals surface area contributed by atoms with Gasteiger partial charge in [0, 0.05) is 18.0 Å². The molecule has 0 spiro atoms. The average Bonchev–Trinajstić information content (AvgIpc) is 3.42. The fourth-order valence-corrected chi connectivity index (χ4v) is 5.23. The maximum atomic E-state index is 12.8. The molecule has 1 unspecified atom stereocenters. The number of carbonyl (C=O) groups excluding carboxylic acids is 3. The number of rotatable bonds is 7. The Morgan fingerprint density at radius 2 is 1.85 bits per heavy atom. The standard InChI is InChI=1S/C26H24N2O4S/c29-24(16-33-15-18-7-3-6-17-5-1-2-9-21(17)18)27-19-10-11-22-23(13-19)26(31)28(25(22)30)14-20-8-4-12-32-20/h1-3,5-7,9-11,13,20H,4,8,12,14-16H2,(H,27,29). The van der Waals surface area contributed by atoms with Gasteiger partial charge in [-0.15, -0.1) is 11.8 Å². The molecule has 3 aromatic carbocycles. The molecule has 168 valence electrons. The number of ether oxygens (including phenoxy) is 1. The van der Waals surface area contributed by atoms with E-state index in [0.717, 1.165) is 18.6 Å². The average molecular weight is 461 g/mol. The number of nitrogens with zero attached hydrogens (tertiary/aromatic N) is 1. The first kappa shape index (κ1) is 21.7. The highest BCUT2D eigenvalue weighted by molar-refractivity contribution is 7.99. The van der Waals surface area contributed by atoms with Crippen molar-refractivity contribution in [2.24, 2.45) is 0 Å². The Morgan fingerprint density at radius 3 is 2.70 bits per heavy atom. The normalized spacial score (nSPS) is 17.6. The zero-order chi connectivity index (χ0) is 22.8. The van der Waals surface area contributed by atoms with Gasteiger partial charge in [-0.25, -0.2) is 0 Å². The first-order valence-corrected chi connectivity index (χ1v) is 12.2. The number of nitrogens with one attached hydrogen (secondary N) is 1. The van der Waals surface area contributed by atoms with Crippen molar-refractivity contribution < 1.29 is 19.1 Å². The van der Waals surface area contributed by atoms with Crippen LogP contribution in [0.4, 0.5) is 5.69 Å².